The largest absolute Gasteiger partial charge is 0.331 e. The van der Waals surface area contributed by atoms with Gasteiger partial charge in [-0.15, -0.1) is 0 Å². The van der Waals surface area contributed by atoms with E-state index in [1.165, 1.54) is 18.0 Å². The number of aromatic nitrogens is 3. The van der Waals surface area contributed by atoms with Crippen molar-refractivity contribution in [2.24, 2.45) is 13.0 Å². The number of amides is 3. The zero-order chi connectivity index (χ0) is 18.6. The molecule has 8 heteroatoms. The van der Waals surface area contributed by atoms with Gasteiger partial charge in [0.15, 0.2) is 0 Å². The van der Waals surface area contributed by atoms with E-state index in [2.05, 4.69) is 20.7 Å². The lowest BCUT2D eigenvalue weighted by atomic mass is 9.99. The molecule has 0 aliphatic carbocycles. The Kier molecular flexibility index (Phi) is 5.74. The van der Waals surface area contributed by atoms with Crippen molar-refractivity contribution >= 4 is 23.4 Å². The number of aryl methyl sites for hydroxylation is 1. The van der Waals surface area contributed by atoms with Crippen LogP contribution in [0.5, 0.6) is 0 Å². The maximum Gasteiger partial charge on any atom is 0.319 e. The molecule has 0 radical (unpaired) electrons. The van der Waals surface area contributed by atoms with Crippen molar-refractivity contribution in [3.05, 3.63) is 36.3 Å². The Morgan fingerprint density at radius 3 is 2.44 bits per heavy atom. The van der Waals surface area contributed by atoms with E-state index in [4.69, 9.17) is 0 Å². The number of anilines is 2. The predicted molar refractivity (Wildman–Crippen MR) is 96.3 cm³/mol. The second-order valence-electron chi connectivity index (χ2n) is 6.25. The first-order valence-electron chi connectivity index (χ1n) is 8.04. The predicted octanol–water partition coefficient (Wildman–Crippen LogP) is 2.32. The summed E-state index contributed by atoms with van der Waals surface area (Å²) < 4.78 is 1.71. The third-order valence-electron chi connectivity index (χ3n) is 3.86. The second-order valence-corrected chi connectivity index (χ2v) is 6.25. The van der Waals surface area contributed by atoms with E-state index in [9.17, 15) is 9.59 Å². The Morgan fingerprint density at radius 1 is 1.24 bits per heavy atom. The van der Waals surface area contributed by atoms with E-state index in [0.717, 1.165) is 5.56 Å². The quantitative estimate of drug-likeness (QED) is 0.870. The van der Waals surface area contributed by atoms with E-state index in [0.29, 0.717) is 11.5 Å². The molecule has 8 nitrogen and oxygen atoms in total. The van der Waals surface area contributed by atoms with Crippen molar-refractivity contribution in [1.82, 2.24) is 20.1 Å². The average Bonchev–Trinajstić information content (AvgIpc) is 2.98. The van der Waals surface area contributed by atoms with Gasteiger partial charge in [0.05, 0.1) is 24.1 Å². The van der Waals surface area contributed by atoms with Crippen molar-refractivity contribution in [2.75, 3.05) is 17.3 Å². The zero-order valence-corrected chi connectivity index (χ0v) is 15.1. The molecule has 0 fully saturated rings. The molecule has 0 aromatic carbocycles. The van der Waals surface area contributed by atoms with E-state index >= 15 is 0 Å². The van der Waals surface area contributed by atoms with Gasteiger partial charge in [-0.05, 0) is 18.1 Å². The molecule has 2 N–H and O–H groups in total. The van der Waals surface area contributed by atoms with Crippen LogP contribution in [-0.4, -0.2) is 33.8 Å². The van der Waals surface area contributed by atoms with Crippen LogP contribution in [0.2, 0.25) is 0 Å². The van der Waals surface area contributed by atoms with Crippen molar-refractivity contribution < 1.29 is 9.59 Å². The Bertz CT molecular complexity index is 738. The topological polar surface area (TPSA) is 92.2 Å². The minimum absolute atomic E-state index is 0.109. The molecular formula is C17H24N6O2. The Hall–Kier alpha value is -2.90. The van der Waals surface area contributed by atoms with Gasteiger partial charge in [-0.2, -0.15) is 5.10 Å². The number of pyridine rings is 1. The monoisotopic (exact) mass is 344 g/mol. The highest BCUT2D eigenvalue weighted by Crippen LogP contribution is 2.21. The number of carbonyl (C=O) groups is 2. The maximum absolute atomic E-state index is 12.3. The van der Waals surface area contributed by atoms with E-state index < -0.39 is 0 Å². The standard InChI is InChI=1S/C17H24N6O2/c1-11(2)16(13-8-19-22(4)10-13)21-17(25)20-14-6-7-15(18-9-14)23(5)12(3)24/h6-11,16H,1-5H3,(H2,20,21,25). The van der Waals surface area contributed by atoms with Crippen LogP contribution in [0, 0.1) is 5.92 Å². The normalized spacial score (nSPS) is 11.9. The van der Waals surface area contributed by atoms with Crippen LogP contribution in [0.25, 0.3) is 0 Å². The molecule has 1 unspecified atom stereocenters. The summed E-state index contributed by atoms with van der Waals surface area (Å²) in [4.78, 5) is 29.2. The molecule has 0 bridgehead atoms. The summed E-state index contributed by atoms with van der Waals surface area (Å²) in [5.41, 5.74) is 1.50. The first kappa shape index (κ1) is 18.4. The minimum Gasteiger partial charge on any atom is -0.331 e. The van der Waals surface area contributed by atoms with Gasteiger partial charge in [0, 0.05) is 32.8 Å². The van der Waals surface area contributed by atoms with Gasteiger partial charge in [-0.1, -0.05) is 13.8 Å². The van der Waals surface area contributed by atoms with Gasteiger partial charge in [0.25, 0.3) is 0 Å². The van der Waals surface area contributed by atoms with Gasteiger partial charge >= 0.3 is 6.03 Å². The minimum atomic E-state index is -0.322. The lowest BCUT2D eigenvalue weighted by Gasteiger charge is -2.21. The molecular weight excluding hydrogens is 320 g/mol. The van der Waals surface area contributed by atoms with Gasteiger partial charge in [-0.3, -0.25) is 9.48 Å². The molecule has 2 rings (SSSR count). The number of urea groups is 1. The number of nitrogens with zero attached hydrogens (tertiary/aromatic N) is 4. The molecule has 2 aromatic heterocycles. The lowest BCUT2D eigenvalue weighted by molar-refractivity contribution is -0.116. The van der Waals surface area contributed by atoms with Gasteiger partial charge in [0.2, 0.25) is 5.91 Å². The molecule has 0 saturated heterocycles. The van der Waals surface area contributed by atoms with Gasteiger partial charge in [-0.25, -0.2) is 9.78 Å². The lowest BCUT2D eigenvalue weighted by Crippen LogP contribution is -2.35. The van der Waals surface area contributed by atoms with Crippen molar-refractivity contribution in [3.8, 4) is 0 Å². The number of carbonyl (C=O) groups excluding carboxylic acids is 2. The molecule has 25 heavy (non-hydrogen) atoms. The van der Waals surface area contributed by atoms with Crippen molar-refractivity contribution in [2.45, 2.75) is 26.8 Å². The van der Waals surface area contributed by atoms with Crippen LogP contribution >= 0.6 is 0 Å². The molecule has 0 aliphatic heterocycles. The maximum atomic E-state index is 12.3. The average molecular weight is 344 g/mol. The fourth-order valence-electron chi connectivity index (χ4n) is 2.36. The van der Waals surface area contributed by atoms with Crippen LogP contribution in [0.3, 0.4) is 0 Å². The molecule has 0 saturated carbocycles. The first-order valence-corrected chi connectivity index (χ1v) is 8.04. The zero-order valence-electron chi connectivity index (χ0n) is 15.1. The van der Waals surface area contributed by atoms with Crippen LogP contribution < -0.4 is 15.5 Å². The van der Waals surface area contributed by atoms with Gasteiger partial charge in [0.1, 0.15) is 5.82 Å². The Morgan fingerprint density at radius 2 is 1.96 bits per heavy atom. The van der Waals surface area contributed by atoms with Crippen molar-refractivity contribution in [1.29, 1.82) is 0 Å². The second kappa shape index (κ2) is 7.78. The van der Waals surface area contributed by atoms with Crippen molar-refractivity contribution in [3.63, 3.8) is 0 Å². The summed E-state index contributed by atoms with van der Waals surface area (Å²) in [6.07, 6.45) is 5.15. The Labute approximate surface area is 147 Å². The van der Waals surface area contributed by atoms with Crippen LogP contribution in [0.4, 0.5) is 16.3 Å². The van der Waals surface area contributed by atoms with E-state index in [-0.39, 0.29) is 23.9 Å². The molecule has 1 atom stereocenters. The third-order valence-corrected chi connectivity index (χ3v) is 3.86. The summed E-state index contributed by atoms with van der Waals surface area (Å²) in [6, 6.07) is 2.91. The molecule has 3 amide bonds. The summed E-state index contributed by atoms with van der Waals surface area (Å²) >= 11 is 0. The Balaban J connectivity index is 2.02. The smallest absolute Gasteiger partial charge is 0.319 e. The van der Waals surface area contributed by atoms with Crippen LogP contribution in [0.15, 0.2) is 30.7 Å². The molecule has 0 aliphatic rings. The molecule has 134 valence electrons. The highest BCUT2D eigenvalue weighted by molar-refractivity contribution is 5.91. The molecule has 2 aromatic rings. The van der Waals surface area contributed by atoms with Crippen LogP contribution in [-0.2, 0) is 11.8 Å². The highest BCUT2D eigenvalue weighted by atomic mass is 16.2. The van der Waals surface area contributed by atoms with Crippen LogP contribution in [0.1, 0.15) is 32.4 Å². The highest BCUT2D eigenvalue weighted by Gasteiger charge is 2.20. The molecule has 2 heterocycles. The number of hydrogen-bond donors (Lipinski definition) is 2. The fourth-order valence-corrected chi connectivity index (χ4v) is 2.36. The summed E-state index contributed by atoms with van der Waals surface area (Å²) in [7, 11) is 3.48. The summed E-state index contributed by atoms with van der Waals surface area (Å²) in [5, 5.41) is 9.86. The number of rotatable bonds is 5. The van der Waals surface area contributed by atoms with Gasteiger partial charge < -0.3 is 15.5 Å². The SMILES string of the molecule is CC(=O)N(C)c1ccc(NC(=O)NC(c2cnn(C)c2)C(C)C)cn1. The number of hydrogen-bond acceptors (Lipinski definition) is 4. The fraction of sp³-hybridized carbons (Fsp3) is 0.412. The van der Waals surface area contributed by atoms with E-state index in [1.807, 2.05) is 27.1 Å². The third kappa shape index (κ3) is 4.79. The number of nitrogens with one attached hydrogen (secondary N) is 2. The first-order chi connectivity index (χ1) is 11.8. The summed E-state index contributed by atoms with van der Waals surface area (Å²) in [6.45, 7) is 5.53. The van der Waals surface area contributed by atoms with E-state index in [1.54, 1.807) is 30.1 Å². The summed E-state index contributed by atoms with van der Waals surface area (Å²) in [5.74, 6) is 0.621. The molecule has 0 spiro atoms.